The fourth-order valence-corrected chi connectivity index (χ4v) is 1.31. The fraction of sp³-hybridized carbons (Fsp3) is 0.222. The van der Waals surface area contributed by atoms with Gasteiger partial charge >= 0.3 is 0 Å². The summed E-state index contributed by atoms with van der Waals surface area (Å²) >= 11 is 3.23. The highest BCUT2D eigenvalue weighted by molar-refractivity contribution is 9.10. The predicted octanol–water partition coefficient (Wildman–Crippen LogP) is 1.63. The first-order chi connectivity index (χ1) is 6.27. The van der Waals surface area contributed by atoms with Gasteiger partial charge in [0.05, 0.1) is 6.61 Å². The van der Waals surface area contributed by atoms with Gasteiger partial charge in [0.2, 0.25) is 0 Å². The van der Waals surface area contributed by atoms with Gasteiger partial charge in [0.1, 0.15) is 12.4 Å². The van der Waals surface area contributed by atoms with Crippen LogP contribution in [0.5, 0.6) is 5.75 Å². The van der Waals surface area contributed by atoms with Crippen LogP contribution in [0.2, 0.25) is 0 Å². The minimum Gasteiger partial charge on any atom is -0.491 e. The van der Waals surface area contributed by atoms with Crippen molar-refractivity contribution < 1.29 is 14.6 Å². The van der Waals surface area contributed by atoms with Crippen molar-refractivity contribution in [1.82, 2.24) is 0 Å². The molecule has 0 bridgehead atoms. The lowest BCUT2D eigenvalue weighted by Crippen LogP contribution is -2.01. The summed E-state index contributed by atoms with van der Waals surface area (Å²) in [5.74, 6) is 0.631. The topological polar surface area (TPSA) is 46.5 Å². The van der Waals surface area contributed by atoms with Gasteiger partial charge in [0.15, 0.2) is 6.29 Å². The minimum atomic E-state index is -0.0208. The van der Waals surface area contributed by atoms with Gasteiger partial charge in [-0.2, -0.15) is 0 Å². The summed E-state index contributed by atoms with van der Waals surface area (Å²) in [7, 11) is 0. The van der Waals surface area contributed by atoms with E-state index in [1.165, 1.54) is 0 Å². The molecule has 13 heavy (non-hydrogen) atoms. The Labute approximate surface area is 84.5 Å². The SMILES string of the molecule is O=Cc1ccc(OCCO)cc1Br. The van der Waals surface area contributed by atoms with Crippen LogP contribution in [0.3, 0.4) is 0 Å². The van der Waals surface area contributed by atoms with Crippen molar-refractivity contribution in [2.24, 2.45) is 0 Å². The number of carbonyl (C=O) groups is 1. The number of aldehydes is 1. The summed E-state index contributed by atoms with van der Waals surface area (Å²) in [6.45, 7) is 0.236. The molecular formula is C9H9BrO3. The van der Waals surface area contributed by atoms with Crippen molar-refractivity contribution in [3.05, 3.63) is 28.2 Å². The molecule has 0 fully saturated rings. The Kier molecular flexibility index (Phi) is 3.92. The zero-order valence-electron chi connectivity index (χ0n) is 6.87. The standard InChI is InChI=1S/C9H9BrO3/c10-9-5-8(13-4-3-11)2-1-7(9)6-12/h1-2,5-6,11H,3-4H2. The summed E-state index contributed by atoms with van der Waals surface area (Å²) in [5, 5.41) is 8.50. The molecule has 0 atom stereocenters. The van der Waals surface area contributed by atoms with Crippen LogP contribution in [-0.2, 0) is 0 Å². The molecule has 0 unspecified atom stereocenters. The Hall–Kier alpha value is -0.870. The highest BCUT2D eigenvalue weighted by Gasteiger charge is 2.00. The first-order valence-electron chi connectivity index (χ1n) is 3.76. The molecule has 1 aromatic carbocycles. The number of aliphatic hydroxyl groups excluding tert-OH is 1. The van der Waals surface area contributed by atoms with Crippen LogP contribution in [0.4, 0.5) is 0 Å². The van der Waals surface area contributed by atoms with Crippen molar-refractivity contribution in [2.45, 2.75) is 0 Å². The molecule has 0 amide bonds. The Morgan fingerprint density at radius 3 is 2.85 bits per heavy atom. The van der Waals surface area contributed by atoms with Crippen LogP contribution in [0.1, 0.15) is 10.4 Å². The van der Waals surface area contributed by atoms with E-state index in [0.717, 1.165) is 6.29 Å². The molecule has 0 aliphatic carbocycles. The highest BCUT2D eigenvalue weighted by atomic mass is 79.9. The van der Waals surface area contributed by atoms with Crippen LogP contribution in [0.15, 0.2) is 22.7 Å². The number of rotatable bonds is 4. The average molecular weight is 245 g/mol. The van der Waals surface area contributed by atoms with Gasteiger partial charge < -0.3 is 9.84 Å². The van der Waals surface area contributed by atoms with Crippen LogP contribution in [0.25, 0.3) is 0 Å². The normalized spacial score (nSPS) is 9.69. The lowest BCUT2D eigenvalue weighted by molar-refractivity contribution is 0.112. The van der Waals surface area contributed by atoms with Crippen LogP contribution in [-0.4, -0.2) is 24.6 Å². The Balaban J connectivity index is 2.77. The summed E-state index contributed by atoms with van der Waals surface area (Å²) in [5.41, 5.74) is 0.580. The third kappa shape index (κ3) is 2.82. The van der Waals surface area contributed by atoms with Gasteiger partial charge in [-0.3, -0.25) is 4.79 Å². The number of hydrogen-bond donors (Lipinski definition) is 1. The lowest BCUT2D eigenvalue weighted by Gasteiger charge is -2.04. The molecule has 0 saturated carbocycles. The molecule has 3 nitrogen and oxygen atoms in total. The average Bonchev–Trinajstić information content (AvgIpc) is 2.15. The molecule has 1 N–H and O–H groups in total. The maximum absolute atomic E-state index is 10.4. The zero-order chi connectivity index (χ0) is 9.68. The highest BCUT2D eigenvalue weighted by Crippen LogP contribution is 2.21. The first kappa shape index (κ1) is 10.2. The number of hydrogen-bond acceptors (Lipinski definition) is 3. The van der Waals surface area contributed by atoms with E-state index in [1.807, 2.05) is 0 Å². The Morgan fingerprint density at radius 1 is 1.54 bits per heavy atom. The largest absolute Gasteiger partial charge is 0.491 e. The van der Waals surface area contributed by atoms with E-state index < -0.39 is 0 Å². The van der Waals surface area contributed by atoms with E-state index in [-0.39, 0.29) is 13.2 Å². The number of halogens is 1. The van der Waals surface area contributed by atoms with Gasteiger partial charge in [-0.05, 0) is 34.1 Å². The predicted molar refractivity (Wildman–Crippen MR) is 52.1 cm³/mol. The van der Waals surface area contributed by atoms with Crippen LogP contribution in [0, 0.1) is 0 Å². The van der Waals surface area contributed by atoms with Crippen molar-refractivity contribution in [3.63, 3.8) is 0 Å². The lowest BCUT2D eigenvalue weighted by atomic mass is 10.2. The van der Waals surface area contributed by atoms with Gasteiger partial charge in [-0.1, -0.05) is 0 Å². The molecule has 1 rings (SSSR count). The van der Waals surface area contributed by atoms with Crippen molar-refractivity contribution in [1.29, 1.82) is 0 Å². The molecule has 0 radical (unpaired) electrons. The second-order valence-electron chi connectivity index (χ2n) is 2.37. The Morgan fingerprint density at radius 2 is 2.31 bits per heavy atom. The van der Waals surface area contributed by atoms with Gasteiger partial charge in [-0.25, -0.2) is 0 Å². The summed E-state index contributed by atoms with van der Waals surface area (Å²) < 4.78 is 5.83. The molecular weight excluding hydrogens is 236 g/mol. The van der Waals surface area contributed by atoms with Crippen molar-refractivity contribution in [3.8, 4) is 5.75 Å². The van der Waals surface area contributed by atoms with Gasteiger partial charge in [0.25, 0.3) is 0 Å². The number of ether oxygens (including phenoxy) is 1. The zero-order valence-corrected chi connectivity index (χ0v) is 8.45. The van der Waals surface area contributed by atoms with Crippen molar-refractivity contribution >= 4 is 22.2 Å². The second-order valence-corrected chi connectivity index (χ2v) is 3.23. The van der Waals surface area contributed by atoms with Crippen LogP contribution < -0.4 is 4.74 Å². The van der Waals surface area contributed by atoms with E-state index in [9.17, 15) is 4.79 Å². The van der Waals surface area contributed by atoms with Crippen molar-refractivity contribution in [2.75, 3.05) is 13.2 Å². The molecule has 4 heteroatoms. The molecule has 0 aromatic heterocycles. The third-order valence-electron chi connectivity index (χ3n) is 1.46. The van der Waals surface area contributed by atoms with Crippen LogP contribution >= 0.6 is 15.9 Å². The van der Waals surface area contributed by atoms with Gasteiger partial charge in [-0.15, -0.1) is 0 Å². The summed E-state index contributed by atoms with van der Waals surface area (Å²) in [6.07, 6.45) is 0.764. The number of aliphatic hydroxyl groups is 1. The summed E-state index contributed by atoms with van der Waals surface area (Å²) in [4.78, 5) is 10.4. The number of benzene rings is 1. The Bertz CT molecular complexity index is 299. The quantitative estimate of drug-likeness (QED) is 0.820. The maximum atomic E-state index is 10.4. The van der Waals surface area contributed by atoms with E-state index in [2.05, 4.69) is 15.9 Å². The maximum Gasteiger partial charge on any atom is 0.151 e. The van der Waals surface area contributed by atoms with E-state index in [0.29, 0.717) is 15.8 Å². The third-order valence-corrected chi connectivity index (χ3v) is 2.15. The molecule has 0 spiro atoms. The molecule has 0 saturated heterocycles. The van der Waals surface area contributed by atoms with Gasteiger partial charge in [0, 0.05) is 10.0 Å². The smallest absolute Gasteiger partial charge is 0.151 e. The number of carbonyl (C=O) groups excluding carboxylic acids is 1. The molecule has 0 aliphatic heterocycles. The molecule has 0 heterocycles. The first-order valence-corrected chi connectivity index (χ1v) is 4.55. The minimum absolute atomic E-state index is 0.0208. The van der Waals surface area contributed by atoms with E-state index >= 15 is 0 Å². The molecule has 1 aromatic rings. The van der Waals surface area contributed by atoms with E-state index in [4.69, 9.17) is 9.84 Å². The summed E-state index contributed by atoms with van der Waals surface area (Å²) in [6, 6.07) is 5.04. The monoisotopic (exact) mass is 244 g/mol. The second kappa shape index (κ2) is 4.99. The molecule has 70 valence electrons. The molecule has 0 aliphatic rings. The fourth-order valence-electron chi connectivity index (χ4n) is 0.857. The van der Waals surface area contributed by atoms with E-state index in [1.54, 1.807) is 18.2 Å².